The molecule has 141 heavy (non-hydrogen) atoms. The van der Waals surface area contributed by atoms with Crippen molar-refractivity contribution in [3.05, 3.63) is 35.4 Å². The van der Waals surface area contributed by atoms with Crippen molar-refractivity contribution in [1.29, 1.82) is 0 Å². The molecule has 824 valence electrons. The number of hydrogen-bond acceptors (Lipinski definition) is 33. The van der Waals surface area contributed by atoms with Gasteiger partial charge < -0.3 is 98.3 Å². The summed E-state index contributed by atoms with van der Waals surface area (Å²) in [6.45, 7) is 39.5. The maximum Gasteiger partial charge on any atom is 0.326 e. The molecule has 0 aliphatic carbocycles. The highest BCUT2D eigenvalue weighted by atomic mass is 32.2. The Bertz CT molecular complexity index is 3760. The molecule has 43 nitrogen and oxygen atoms in total. The second kappa shape index (κ2) is 103. The fourth-order valence-corrected chi connectivity index (χ4v) is 13.7. The van der Waals surface area contributed by atoms with Crippen LogP contribution in [0.3, 0.4) is 0 Å². The number of nitrogens with zero attached hydrogens (tertiary/aromatic N) is 1. The molecule has 1 aromatic carbocycles. The zero-order valence-corrected chi connectivity index (χ0v) is 89.5. The van der Waals surface area contributed by atoms with Crippen LogP contribution >= 0.6 is 0 Å². The van der Waals surface area contributed by atoms with Crippen molar-refractivity contribution >= 4 is 118 Å². The maximum absolute atomic E-state index is 11.7. The van der Waals surface area contributed by atoms with E-state index >= 15 is 0 Å². The van der Waals surface area contributed by atoms with E-state index in [1.54, 1.807) is 67.6 Å². The topological polar surface area (TPSA) is 605 Å². The number of carboxylic acid groups (broad SMARTS) is 3. The van der Waals surface area contributed by atoms with Crippen molar-refractivity contribution in [3.63, 3.8) is 0 Å². The third-order valence-electron chi connectivity index (χ3n) is 18.1. The number of sulfone groups is 1. The lowest BCUT2D eigenvalue weighted by atomic mass is 10.1. The van der Waals surface area contributed by atoms with E-state index in [1.807, 2.05) is 82.2 Å². The number of rotatable bonds is 81. The standard InChI is InChI=1S/C16H29NO6.C14H27NO6S.C14H25NO6.C14H19NO3.C12H23NO6S.2C9H19NO3.C7H14O3S/c1-3-9-22-11-12-23-10-5-6-13(18)7-8-14(16(20)21)17-15(19)4-2;1-3-8-20-10-11-21-9-5-6-13(16)7-12-22(18,19)15-14(17)4-2;1-3-13(17)15-12(14(18)19)7-6-11(16)5-4-8-21-10-9-20-2;1-3-13(16)15(9-8-14(17)18)10-12-6-4-11(2)5-7-12;1-3-12(15)13-20(16,17)10-6-11(14)5-4-7-19-9-8-18-2;2*1-3-9(11)10-5-6-13-8-7-12-4-2;1-3-5-11(9,10)6-7(8)4-2/h14H,3-12H2,1-2H3,(H,17,19)(H,20,21);3-12H2,1-2H3,(H,15,17);12H,3-10H2,1-2H3,(H,15,17)(H,18,19);4-7H,3,8-10H2,1-2H3,(H,17,18);3-10H2,1-2H3,(H,13,15);2*3-8H2,1-2H3,(H,10,11);3-6H2,1-2H3. The van der Waals surface area contributed by atoms with Crippen LogP contribution in [0, 0.1) is 6.92 Å². The molecule has 46 heteroatoms. The molecular weight excluding hydrogens is 1910 g/mol. The van der Waals surface area contributed by atoms with Crippen LogP contribution < -0.4 is 30.7 Å². The predicted molar refractivity (Wildman–Crippen MR) is 533 cm³/mol. The Morgan fingerprint density at radius 3 is 0.943 bits per heavy atom. The summed E-state index contributed by atoms with van der Waals surface area (Å²) in [5.41, 5.74) is 2.19. The van der Waals surface area contributed by atoms with Crippen LogP contribution in [0.15, 0.2) is 24.3 Å². The van der Waals surface area contributed by atoms with E-state index in [1.165, 1.54) is 0 Å². The van der Waals surface area contributed by atoms with Gasteiger partial charge in [0.05, 0.1) is 116 Å². The van der Waals surface area contributed by atoms with Gasteiger partial charge in [0.15, 0.2) is 9.84 Å². The number of hydrogen-bond donors (Lipinski definition) is 9. The summed E-state index contributed by atoms with van der Waals surface area (Å²) < 4.78 is 133. The van der Waals surface area contributed by atoms with Crippen LogP contribution in [-0.4, -0.2) is 348 Å². The molecule has 2 unspecified atom stereocenters. The summed E-state index contributed by atoms with van der Waals surface area (Å²) in [6.07, 6.45) is 8.75. The van der Waals surface area contributed by atoms with Crippen molar-refractivity contribution in [1.82, 2.24) is 35.6 Å². The Morgan fingerprint density at radius 2 is 0.652 bits per heavy atom. The number of aliphatic carboxylic acids is 3. The van der Waals surface area contributed by atoms with Gasteiger partial charge in [-0.1, -0.05) is 106 Å². The number of benzene rings is 1. The summed E-state index contributed by atoms with van der Waals surface area (Å²) >= 11 is 0. The van der Waals surface area contributed by atoms with Gasteiger partial charge in [-0.3, -0.25) is 71.8 Å². The molecule has 0 fully saturated rings. The summed E-state index contributed by atoms with van der Waals surface area (Å²) in [4.78, 5) is 169. The summed E-state index contributed by atoms with van der Waals surface area (Å²) in [5.74, 6) is -6.22. The number of ketones is 5. The fraction of sp³-hybridized carbons (Fsp3) is 0.779. The smallest absolute Gasteiger partial charge is 0.326 e. The van der Waals surface area contributed by atoms with E-state index in [0.29, 0.717) is 216 Å². The largest absolute Gasteiger partial charge is 0.481 e. The van der Waals surface area contributed by atoms with E-state index < -0.39 is 71.7 Å². The molecule has 1 aromatic rings. The van der Waals surface area contributed by atoms with Crippen LogP contribution in [0.4, 0.5) is 0 Å². The number of carbonyl (C=O) groups excluding carboxylic acids is 12. The zero-order valence-electron chi connectivity index (χ0n) is 87.0. The number of Topliss-reactive ketones (excluding diaryl/α,β-unsaturated/α-hetero) is 5. The molecule has 2 atom stereocenters. The molecule has 0 saturated carbocycles. The molecule has 0 heterocycles. The minimum Gasteiger partial charge on any atom is -0.481 e. The van der Waals surface area contributed by atoms with Crippen molar-refractivity contribution in [2.24, 2.45) is 0 Å². The van der Waals surface area contributed by atoms with Crippen LogP contribution in [0.25, 0.3) is 0 Å². The van der Waals surface area contributed by atoms with Gasteiger partial charge in [-0.15, -0.1) is 0 Å². The average Bonchev–Trinajstić information content (AvgIpc) is 0.915. The Morgan fingerprint density at radius 1 is 0.333 bits per heavy atom. The second-order valence-electron chi connectivity index (χ2n) is 30.6. The van der Waals surface area contributed by atoms with Crippen LogP contribution in [0.2, 0.25) is 0 Å². The summed E-state index contributed by atoms with van der Waals surface area (Å²) in [5, 5.41) is 36.9. The Labute approximate surface area is 838 Å². The number of methoxy groups -OCH3 is 2. The molecule has 0 aliphatic heterocycles. The van der Waals surface area contributed by atoms with Gasteiger partial charge in [-0.05, 0) is 84.1 Å². The normalized spacial score (nSPS) is 11.1. The highest BCUT2D eigenvalue weighted by Crippen LogP contribution is 2.12. The number of ether oxygens (including phenoxy) is 12. The highest BCUT2D eigenvalue weighted by molar-refractivity contribution is 7.92. The van der Waals surface area contributed by atoms with Crippen LogP contribution in [0.5, 0.6) is 0 Å². The highest BCUT2D eigenvalue weighted by Gasteiger charge is 2.24. The van der Waals surface area contributed by atoms with Crippen LogP contribution in [0.1, 0.15) is 268 Å². The van der Waals surface area contributed by atoms with Gasteiger partial charge in [0, 0.05) is 196 Å². The molecule has 0 bridgehead atoms. The van der Waals surface area contributed by atoms with E-state index in [0.717, 1.165) is 43.8 Å². The molecule has 0 spiro atoms. The van der Waals surface area contributed by atoms with Gasteiger partial charge >= 0.3 is 17.9 Å². The Hall–Kier alpha value is -8.36. The fourth-order valence-electron chi connectivity index (χ4n) is 10.1. The lowest BCUT2D eigenvalue weighted by Crippen LogP contribution is -2.40. The first kappa shape index (κ1) is 146. The number of nitrogens with one attached hydrogen (secondary N) is 6. The first-order valence-corrected chi connectivity index (χ1v) is 53.9. The minimum atomic E-state index is -3.70. The van der Waals surface area contributed by atoms with Gasteiger partial charge in [-0.25, -0.2) is 34.8 Å². The lowest BCUT2D eigenvalue weighted by Gasteiger charge is -2.21. The van der Waals surface area contributed by atoms with Gasteiger partial charge in [0.25, 0.3) is 0 Å². The molecule has 0 radical (unpaired) electrons. The first-order chi connectivity index (χ1) is 67.0. The van der Waals surface area contributed by atoms with Gasteiger partial charge in [0.1, 0.15) is 46.8 Å². The molecule has 0 aromatic heterocycles. The van der Waals surface area contributed by atoms with E-state index in [2.05, 4.69) is 21.3 Å². The molecular formula is C95H175N7O36S3. The van der Waals surface area contributed by atoms with E-state index in [4.69, 9.17) is 72.2 Å². The monoisotopic (exact) mass is 2090 g/mol. The molecule has 9 N–H and O–H groups in total. The van der Waals surface area contributed by atoms with E-state index in [-0.39, 0.29) is 171 Å². The predicted octanol–water partition coefficient (Wildman–Crippen LogP) is 7.70. The number of carbonyl (C=O) groups is 15. The van der Waals surface area contributed by atoms with Crippen molar-refractivity contribution < 1.29 is 169 Å². The van der Waals surface area contributed by atoms with Gasteiger partial charge in [-0.2, -0.15) is 0 Å². The van der Waals surface area contributed by atoms with Crippen molar-refractivity contribution in [2.45, 2.75) is 283 Å². The van der Waals surface area contributed by atoms with E-state index in [9.17, 15) is 97.2 Å². The number of aryl methyl sites for hydroxylation is 1. The van der Waals surface area contributed by atoms with Crippen molar-refractivity contribution in [2.75, 3.05) is 202 Å². The average molecular weight is 2090 g/mol. The summed E-state index contributed by atoms with van der Waals surface area (Å²) in [7, 11) is -7.34. The Kier molecular flexibility index (Phi) is 106. The SMILES string of the molecule is CCC(=O)N(CCC(=O)O)Cc1ccc(C)cc1.CCC(=O)NC(CCC(=O)CCCOCCOC)C(=O)O.CCC(=O)NS(=O)(=O)CCC(=O)CCCOCCOC.CCCOCCOCCCC(=O)CCC(NC(=O)CC)C(=O)O.CCCOCCOCCCC(=O)CCS(=O)(=O)NC(=O)CC.CCCS(=O)(=O)CC(=O)CC.CCOCCOCCNC(=O)CC.CCOCCOCCNC(=O)CC. The van der Waals surface area contributed by atoms with Gasteiger partial charge in [0.2, 0.25) is 61.4 Å². The summed E-state index contributed by atoms with van der Waals surface area (Å²) in [6, 6.07) is 5.90. The number of carboxylic acids is 3. The third kappa shape index (κ3) is 110. The molecule has 7 amide bonds. The second-order valence-corrected chi connectivity index (χ2v) is 36.5. The zero-order chi connectivity index (χ0) is 108. The molecule has 0 saturated heterocycles. The first-order valence-electron chi connectivity index (χ1n) is 48.7. The quantitative estimate of drug-likeness (QED) is 0.0282. The number of sulfonamides is 2. The molecule has 1 rings (SSSR count). The maximum atomic E-state index is 11.7. The lowest BCUT2D eigenvalue weighted by molar-refractivity contribution is -0.142. The van der Waals surface area contributed by atoms with Crippen molar-refractivity contribution in [3.8, 4) is 0 Å². The minimum absolute atomic E-state index is 0.0163. The van der Waals surface area contributed by atoms with Crippen LogP contribution in [-0.2, 0) is 165 Å². The number of amides is 7. The third-order valence-corrected chi connectivity index (χ3v) is 22.4. The molecule has 0 aliphatic rings. The Balaban J connectivity index is -0.000000294.